The van der Waals surface area contributed by atoms with Crippen molar-refractivity contribution in [2.75, 3.05) is 6.61 Å². The van der Waals surface area contributed by atoms with Crippen LogP contribution in [0.25, 0.3) is 0 Å². The zero-order valence-electron chi connectivity index (χ0n) is 15.7. The highest BCUT2D eigenvalue weighted by Crippen LogP contribution is 2.10. The molecule has 1 heterocycles. The minimum absolute atomic E-state index is 0. The maximum atomic E-state index is 8.72. The standard InChI is InChI=1S/C21H38NO.ClH/c1-2-3-15-21-16-14-18-22(20-21)17-12-10-8-6-4-5-7-9-11-13-19-23;/h14,16,18,20,23H,2-13,15,17,19H2,1H3;1H/q+1;/p-1. The summed E-state index contributed by atoms with van der Waals surface area (Å²) in [5, 5.41) is 8.72. The van der Waals surface area contributed by atoms with Crippen molar-refractivity contribution in [1.29, 1.82) is 0 Å². The number of aromatic nitrogens is 1. The van der Waals surface area contributed by atoms with E-state index in [1.165, 1.54) is 89.2 Å². The maximum absolute atomic E-state index is 8.72. The minimum Gasteiger partial charge on any atom is -1.00 e. The number of hydrogen-bond acceptors (Lipinski definition) is 1. The SMILES string of the molecule is CCCCc1ccc[n+](CCCCCCCCCCCCO)c1.[Cl-]. The summed E-state index contributed by atoms with van der Waals surface area (Å²) >= 11 is 0. The Morgan fingerprint density at radius 3 is 2.00 bits per heavy atom. The van der Waals surface area contributed by atoms with Crippen molar-refractivity contribution in [2.45, 2.75) is 96.9 Å². The molecular weight excluding hydrogens is 318 g/mol. The van der Waals surface area contributed by atoms with Crippen molar-refractivity contribution in [2.24, 2.45) is 0 Å². The molecule has 1 aromatic heterocycles. The van der Waals surface area contributed by atoms with Gasteiger partial charge >= 0.3 is 0 Å². The van der Waals surface area contributed by atoms with Crippen LogP contribution in [0.4, 0.5) is 0 Å². The molecule has 0 aromatic carbocycles. The van der Waals surface area contributed by atoms with Gasteiger partial charge in [0.05, 0.1) is 0 Å². The second-order valence-corrected chi connectivity index (χ2v) is 6.81. The number of halogens is 1. The third-order valence-electron chi connectivity index (χ3n) is 4.56. The average Bonchev–Trinajstić information content (AvgIpc) is 2.58. The van der Waals surface area contributed by atoms with E-state index in [1.807, 2.05) is 0 Å². The summed E-state index contributed by atoms with van der Waals surface area (Å²) in [5.74, 6) is 0. The van der Waals surface area contributed by atoms with Crippen LogP contribution in [-0.4, -0.2) is 11.7 Å². The lowest BCUT2D eigenvalue weighted by Gasteiger charge is -2.02. The zero-order chi connectivity index (χ0) is 16.6. The number of pyridine rings is 1. The molecule has 0 fully saturated rings. The molecule has 0 spiro atoms. The van der Waals surface area contributed by atoms with Gasteiger partial charge in [-0.1, -0.05) is 58.3 Å². The van der Waals surface area contributed by atoms with Crippen molar-refractivity contribution in [3.63, 3.8) is 0 Å². The van der Waals surface area contributed by atoms with E-state index in [2.05, 4.69) is 36.0 Å². The molecule has 3 heteroatoms. The van der Waals surface area contributed by atoms with Crippen LogP contribution in [-0.2, 0) is 13.0 Å². The molecule has 2 nitrogen and oxygen atoms in total. The first kappa shape index (κ1) is 23.4. The fraction of sp³-hybridized carbons (Fsp3) is 0.762. The number of aryl methyl sites for hydroxylation is 2. The molecule has 0 unspecified atom stereocenters. The van der Waals surface area contributed by atoms with Gasteiger partial charge in [-0.15, -0.1) is 0 Å². The first-order valence-electron chi connectivity index (χ1n) is 9.95. The summed E-state index contributed by atoms with van der Waals surface area (Å²) in [7, 11) is 0. The number of hydrogen-bond donors (Lipinski definition) is 1. The molecule has 1 N–H and O–H groups in total. The van der Waals surface area contributed by atoms with Crippen LogP contribution in [0.3, 0.4) is 0 Å². The second-order valence-electron chi connectivity index (χ2n) is 6.81. The Kier molecular flexibility index (Phi) is 16.8. The topological polar surface area (TPSA) is 24.1 Å². The predicted octanol–water partition coefficient (Wildman–Crippen LogP) is 2.21. The van der Waals surface area contributed by atoms with Gasteiger partial charge in [0, 0.05) is 24.7 Å². The number of aliphatic hydroxyl groups excluding tert-OH is 1. The van der Waals surface area contributed by atoms with Crippen LogP contribution < -0.4 is 17.0 Å². The Morgan fingerprint density at radius 1 is 0.833 bits per heavy atom. The van der Waals surface area contributed by atoms with Gasteiger partial charge < -0.3 is 17.5 Å². The molecule has 0 aliphatic heterocycles. The highest BCUT2D eigenvalue weighted by atomic mass is 35.5. The van der Waals surface area contributed by atoms with Crippen LogP contribution in [0.5, 0.6) is 0 Å². The zero-order valence-corrected chi connectivity index (χ0v) is 16.4. The lowest BCUT2D eigenvalue weighted by Crippen LogP contribution is -3.00. The molecule has 140 valence electrons. The van der Waals surface area contributed by atoms with E-state index >= 15 is 0 Å². The molecular formula is C21H38ClNO. The maximum Gasteiger partial charge on any atom is 0.171 e. The Balaban J connectivity index is 0.00000529. The summed E-state index contributed by atoms with van der Waals surface area (Å²) in [6.45, 7) is 3.78. The summed E-state index contributed by atoms with van der Waals surface area (Å²) in [5.41, 5.74) is 1.48. The van der Waals surface area contributed by atoms with Gasteiger partial charge in [-0.3, -0.25) is 0 Å². The molecule has 0 amide bonds. The van der Waals surface area contributed by atoms with Crippen molar-refractivity contribution in [3.8, 4) is 0 Å². The van der Waals surface area contributed by atoms with Crippen LogP contribution in [0.1, 0.15) is 89.5 Å². The van der Waals surface area contributed by atoms with E-state index < -0.39 is 0 Å². The quantitative estimate of drug-likeness (QED) is 0.378. The molecule has 0 atom stereocenters. The van der Waals surface area contributed by atoms with E-state index in [9.17, 15) is 0 Å². The summed E-state index contributed by atoms with van der Waals surface area (Å²) in [6.07, 6.45) is 21.4. The van der Waals surface area contributed by atoms with Gasteiger partial charge in [-0.2, -0.15) is 0 Å². The highest BCUT2D eigenvalue weighted by molar-refractivity contribution is 5.05. The Morgan fingerprint density at radius 2 is 1.42 bits per heavy atom. The molecule has 0 bridgehead atoms. The lowest BCUT2D eigenvalue weighted by molar-refractivity contribution is -0.697. The van der Waals surface area contributed by atoms with E-state index in [4.69, 9.17) is 5.11 Å². The largest absolute Gasteiger partial charge is 1.00 e. The lowest BCUT2D eigenvalue weighted by atomic mass is 10.1. The van der Waals surface area contributed by atoms with Gasteiger partial charge in [0.2, 0.25) is 0 Å². The van der Waals surface area contributed by atoms with Gasteiger partial charge in [-0.25, -0.2) is 4.57 Å². The summed E-state index contributed by atoms with van der Waals surface area (Å²) in [6, 6.07) is 4.45. The highest BCUT2D eigenvalue weighted by Gasteiger charge is 2.02. The van der Waals surface area contributed by atoms with Crippen LogP contribution in [0.2, 0.25) is 0 Å². The Hall–Kier alpha value is -0.600. The number of nitrogens with zero attached hydrogens (tertiary/aromatic N) is 1. The molecule has 0 saturated carbocycles. The van der Waals surface area contributed by atoms with Gasteiger partial charge in [0.25, 0.3) is 0 Å². The fourth-order valence-electron chi connectivity index (χ4n) is 3.06. The molecule has 1 aromatic rings. The smallest absolute Gasteiger partial charge is 0.171 e. The van der Waals surface area contributed by atoms with E-state index in [0.717, 1.165) is 6.42 Å². The van der Waals surface area contributed by atoms with Crippen molar-refractivity contribution >= 4 is 0 Å². The third-order valence-corrected chi connectivity index (χ3v) is 4.56. The summed E-state index contributed by atoms with van der Waals surface area (Å²) in [4.78, 5) is 0. The van der Waals surface area contributed by atoms with E-state index in [0.29, 0.717) is 6.61 Å². The Bertz CT molecular complexity index is 384. The van der Waals surface area contributed by atoms with E-state index in [1.54, 1.807) is 0 Å². The van der Waals surface area contributed by atoms with Crippen molar-refractivity contribution < 1.29 is 22.1 Å². The number of rotatable bonds is 15. The third kappa shape index (κ3) is 12.8. The van der Waals surface area contributed by atoms with Gasteiger partial charge in [0.15, 0.2) is 12.4 Å². The van der Waals surface area contributed by atoms with Crippen LogP contribution in [0, 0.1) is 0 Å². The number of aliphatic hydroxyl groups is 1. The molecule has 0 aliphatic rings. The van der Waals surface area contributed by atoms with Crippen LogP contribution >= 0.6 is 0 Å². The first-order chi connectivity index (χ1) is 11.4. The van der Waals surface area contributed by atoms with Gasteiger partial charge in [-0.05, 0) is 31.7 Å². The molecule has 1 rings (SSSR count). The molecule has 0 saturated heterocycles. The second kappa shape index (κ2) is 17.2. The average molecular weight is 356 g/mol. The van der Waals surface area contributed by atoms with Gasteiger partial charge in [0.1, 0.15) is 6.54 Å². The normalized spacial score (nSPS) is 10.6. The first-order valence-corrected chi connectivity index (χ1v) is 9.95. The summed E-state index contributed by atoms with van der Waals surface area (Å²) < 4.78 is 2.37. The van der Waals surface area contributed by atoms with E-state index in [-0.39, 0.29) is 12.4 Å². The molecule has 24 heavy (non-hydrogen) atoms. The number of unbranched alkanes of at least 4 members (excludes halogenated alkanes) is 10. The van der Waals surface area contributed by atoms with Crippen molar-refractivity contribution in [1.82, 2.24) is 0 Å². The Labute approximate surface area is 156 Å². The monoisotopic (exact) mass is 355 g/mol. The molecule has 0 aliphatic carbocycles. The minimum atomic E-state index is 0. The predicted molar refractivity (Wildman–Crippen MR) is 98.5 cm³/mol. The van der Waals surface area contributed by atoms with Crippen LogP contribution in [0.15, 0.2) is 24.5 Å². The fourth-order valence-corrected chi connectivity index (χ4v) is 3.06. The molecule has 0 radical (unpaired) electrons. The van der Waals surface area contributed by atoms with Crippen molar-refractivity contribution in [3.05, 3.63) is 30.1 Å².